The molecule has 1 aromatic heterocycles. The first-order valence-electron chi connectivity index (χ1n) is 6.00. The number of carbonyl (C=O) groups excluding carboxylic acids is 1. The van der Waals surface area contributed by atoms with Gasteiger partial charge in [0.1, 0.15) is 11.5 Å². The van der Waals surface area contributed by atoms with Crippen LogP contribution in [-0.4, -0.2) is 23.5 Å². The van der Waals surface area contributed by atoms with Crippen LogP contribution in [0.25, 0.3) is 0 Å². The third-order valence-corrected chi connectivity index (χ3v) is 3.50. The molecule has 0 aliphatic heterocycles. The standard InChI is InChI=1S/C13H21NO2S/c1-5-17-7-6-9(2)14-13(15)12-8-10(3)16-11(12)4/h8-9H,5-7H2,1-4H3,(H,14,15)/t9-/m0/s1. The zero-order valence-electron chi connectivity index (χ0n) is 11.0. The van der Waals surface area contributed by atoms with Crippen LogP contribution in [0.2, 0.25) is 0 Å². The second-order valence-electron chi connectivity index (χ2n) is 4.19. The second-order valence-corrected chi connectivity index (χ2v) is 5.58. The average molecular weight is 255 g/mol. The van der Waals surface area contributed by atoms with Crippen LogP contribution >= 0.6 is 11.8 Å². The predicted molar refractivity (Wildman–Crippen MR) is 72.7 cm³/mol. The van der Waals surface area contributed by atoms with Gasteiger partial charge in [-0.1, -0.05) is 6.92 Å². The summed E-state index contributed by atoms with van der Waals surface area (Å²) in [4.78, 5) is 11.9. The second kappa shape index (κ2) is 6.74. The number of nitrogens with one attached hydrogen (secondary N) is 1. The van der Waals surface area contributed by atoms with Crippen molar-refractivity contribution in [2.24, 2.45) is 0 Å². The van der Waals surface area contributed by atoms with Gasteiger partial charge in [-0.05, 0) is 44.8 Å². The van der Waals surface area contributed by atoms with E-state index in [1.54, 1.807) is 6.07 Å². The van der Waals surface area contributed by atoms with Gasteiger partial charge in [0.05, 0.1) is 5.56 Å². The van der Waals surface area contributed by atoms with E-state index in [1.165, 1.54) is 0 Å². The number of aryl methyl sites for hydroxylation is 2. The normalized spacial score (nSPS) is 12.5. The third kappa shape index (κ3) is 4.46. The first kappa shape index (κ1) is 14.2. The van der Waals surface area contributed by atoms with Gasteiger partial charge in [-0.2, -0.15) is 11.8 Å². The molecule has 0 fully saturated rings. The van der Waals surface area contributed by atoms with Crippen LogP contribution in [0.5, 0.6) is 0 Å². The minimum absolute atomic E-state index is 0.0339. The lowest BCUT2D eigenvalue weighted by Crippen LogP contribution is -2.33. The minimum atomic E-state index is -0.0339. The molecule has 1 rings (SSSR count). The van der Waals surface area contributed by atoms with Crippen LogP contribution in [-0.2, 0) is 0 Å². The molecule has 0 unspecified atom stereocenters. The van der Waals surface area contributed by atoms with Crippen LogP contribution in [0.15, 0.2) is 10.5 Å². The highest BCUT2D eigenvalue weighted by Gasteiger charge is 2.15. The van der Waals surface area contributed by atoms with E-state index in [4.69, 9.17) is 4.42 Å². The highest BCUT2D eigenvalue weighted by molar-refractivity contribution is 7.99. The Bertz CT molecular complexity index is 373. The van der Waals surface area contributed by atoms with Crippen molar-refractivity contribution in [2.45, 2.75) is 40.2 Å². The Kier molecular flexibility index (Phi) is 5.62. The fraction of sp³-hybridized carbons (Fsp3) is 0.615. The Hall–Kier alpha value is -0.900. The van der Waals surface area contributed by atoms with Gasteiger partial charge < -0.3 is 9.73 Å². The summed E-state index contributed by atoms with van der Waals surface area (Å²) < 4.78 is 5.35. The molecule has 1 atom stereocenters. The highest BCUT2D eigenvalue weighted by atomic mass is 32.2. The van der Waals surface area contributed by atoms with E-state index >= 15 is 0 Å². The number of thioether (sulfide) groups is 1. The zero-order chi connectivity index (χ0) is 12.8. The molecule has 1 amide bonds. The zero-order valence-corrected chi connectivity index (χ0v) is 11.8. The summed E-state index contributed by atoms with van der Waals surface area (Å²) in [7, 11) is 0. The van der Waals surface area contributed by atoms with Gasteiger partial charge in [0, 0.05) is 6.04 Å². The number of hydrogen-bond donors (Lipinski definition) is 1. The largest absolute Gasteiger partial charge is 0.466 e. The fourth-order valence-electron chi connectivity index (χ4n) is 1.63. The number of carbonyl (C=O) groups is 1. The van der Waals surface area contributed by atoms with E-state index in [1.807, 2.05) is 32.5 Å². The maximum Gasteiger partial charge on any atom is 0.255 e. The van der Waals surface area contributed by atoms with Crippen molar-refractivity contribution in [1.82, 2.24) is 5.32 Å². The molecule has 0 radical (unpaired) electrons. The summed E-state index contributed by atoms with van der Waals surface area (Å²) in [5.74, 6) is 3.65. The maximum absolute atomic E-state index is 11.9. The minimum Gasteiger partial charge on any atom is -0.466 e. The summed E-state index contributed by atoms with van der Waals surface area (Å²) in [6, 6.07) is 1.99. The Morgan fingerprint density at radius 3 is 2.76 bits per heavy atom. The average Bonchev–Trinajstić information content (AvgIpc) is 2.58. The number of amides is 1. The fourth-order valence-corrected chi connectivity index (χ4v) is 2.44. The first-order valence-corrected chi connectivity index (χ1v) is 7.15. The lowest BCUT2D eigenvalue weighted by atomic mass is 10.2. The van der Waals surface area contributed by atoms with Crippen molar-refractivity contribution in [1.29, 1.82) is 0 Å². The molecule has 1 N–H and O–H groups in total. The summed E-state index contributed by atoms with van der Waals surface area (Å²) in [6.45, 7) is 7.85. The molecular formula is C13H21NO2S. The van der Waals surface area contributed by atoms with Crippen molar-refractivity contribution in [2.75, 3.05) is 11.5 Å². The van der Waals surface area contributed by atoms with Gasteiger partial charge >= 0.3 is 0 Å². The van der Waals surface area contributed by atoms with Crippen molar-refractivity contribution in [3.05, 3.63) is 23.2 Å². The Balaban J connectivity index is 2.46. The van der Waals surface area contributed by atoms with Gasteiger partial charge in [0.25, 0.3) is 5.91 Å². The van der Waals surface area contributed by atoms with Gasteiger partial charge in [0.2, 0.25) is 0 Å². The molecule has 3 nitrogen and oxygen atoms in total. The van der Waals surface area contributed by atoms with Gasteiger partial charge in [-0.3, -0.25) is 4.79 Å². The summed E-state index contributed by atoms with van der Waals surface area (Å²) in [5.41, 5.74) is 0.650. The van der Waals surface area contributed by atoms with Crippen LogP contribution in [0.4, 0.5) is 0 Å². The monoisotopic (exact) mass is 255 g/mol. The van der Waals surface area contributed by atoms with Crippen molar-refractivity contribution in [3.8, 4) is 0 Å². The highest BCUT2D eigenvalue weighted by Crippen LogP contribution is 2.14. The molecule has 0 bridgehead atoms. The third-order valence-electron chi connectivity index (χ3n) is 2.56. The molecule has 1 heterocycles. The van der Waals surface area contributed by atoms with E-state index in [-0.39, 0.29) is 11.9 Å². The molecule has 0 aliphatic carbocycles. The molecule has 96 valence electrons. The molecule has 1 aromatic rings. The molecular weight excluding hydrogens is 234 g/mol. The molecule has 0 aliphatic rings. The molecule has 0 saturated carbocycles. The van der Waals surface area contributed by atoms with Gasteiger partial charge in [-0.15, -0.1) is 0 Å². The van der Waals surface area contributed by atoms with Crippen molar-refractivity contribution in [3.63, 3.8) is 0 Å². The van der Waals surface area contributed by atoms with Crippen molar-refractivity contribution >= 4 is 17.7 Å². The van der Waals surface area contributed by atoms with E-state index in [9.17, 15) is 4.79 Å². The van der Waals surface area contributed by atoms with Crippen LogP contribution in [0.1, 0.15) is 42.1 Å². The van der Waals surface area contributed by atoms with Gasteiger partial charge in [-0.25, -0.2) is 0 Å². The lowest BCUT2D eigenvalue weighted by molar-refractivity contribution is 0.0938. The summed E-state index contributed by atoms with van der Waals surface area (Å²) >= 11 is 1.90. The number of rotatable bonds is 6. The molecule has 0 spiro atoms. The maximum atomic E-state index is 11.9. The first-order chi connectivity index (χ1) is 8.04. The lowest BCUT2D eigenvalue weighted by Gasteiger charge is -2.12. The molecule has 0 aromatic carbocycles. The van der Waals surface area contributed by atoms with Crippen molar-refractivity contribution < 1.29 is 9.21 Å². The van der Waals surface area contributed by atoms with Gasteiger partial charge in [0.15, 0.2) is 0 Å². The Morgan fingerprint density at radius 1 is 1.53 bits per heavy atom. The Labute approximate surface area is 107 Å². The van der Waals surface area contributed by atoms with E-state index in [2.05, 4.69) is 12.2 Å². The molecule has 0 saturated heterocycles. The topological polar surface area (TPSA) is 42.2 Å². The number of furan rings is 1. The Morgan fingerprint density at radius 2 is 2.24 bits per heavy atom. The van der Waals surface area contributed by atoms with Crippen LogP contribution < -0.4 is 5.32 Å². The molecule has 4 heteroatoms. The van der Waals surface area contributed by atoms with Crippen LogP contribution in [0.3, 0.4) is 0 Å². The smallest absolute Gasteiger partial charge is 0.255 e. The number of hydrogen-bond acceptors (Lipinski definition) is 3. The quantitative estimate of drug-likeness (QED) is 0.794. The van der Waals surface area contributed by atoms with E-state index in [0.29, 0.717) is 11.3 Å². The van der Waals surface area contributed by atoms with E-state index < -0.39 is 0 Å². The SMILES string of the molecule is CCSCC[C@H](C)NC(=O)c1cc(C)oc1C. The molecule has 17 heavy (non-hydrogen) atoms. The predicted octanol–water partition coefficient (Wildman–Crippen LogP) is 3.16. The summed E-state index contributed by atoms with van der Waals surface area (Å²) in [6.07, 6.45) is 1.00. The summed E-state index contributed by atoms with van der Waals surface area (Å²) in [5, 5.41) is 3.00. The van der Waals surface area contributed by atoms with E-state index in [0.717, 1.165) is 23.7 Å². The van der Waals surface area contributed by atoms with Crippen LogP contribution in [0, 0.1) is 13.8 Å².